The first-order valence-corrected chi connectivity index (χ1v) is 13.7. The molecule has 0 amide bonds. The lowest BCUT2D eigenvalue weighted by atomic mass is 9.84. The third kappa shape index (κ3) is 8.18. The van der Waals surface area contributed by atoms with Gasteiger partial charge in [0.2, 0.25) is 0 Å². The van der Waals surface area contributed by atoms with Crippen molar-refractivity contribution in [3.63, 3.8) is 0 Å². The van der Waals surface area contributed by atoms with Crippen molar-refractivity contribution in [3.05, 3.63) is 57.6 Å². The highest BCUT2D eigenvalue weighted by atomic mass is 16.3. The molecular formula is C31H50N4O2. The third-order valence-electron chi connectivity index (χ3n) is 7.22. The lowest BCUT2D eigenvalue weighted by Gasteiger charge is -2.27. The van der Waals surface area contributed by atoms with Crippen LogP contribution in [-0.4, -0.2) is 36.4 Å². The van der Waals surface area contributed by atoms with Gasteiger partial charge in [-0.05, 0) is 27.4 Å². The van der Waals surface area contributed by atoms with Gasteiger partial charge in [0, 0.05) is 74.6 Å². The molecule has 0 radical (unpaired) electrons. The molecule has 0 aliphatic carbocycles. The predicted octanol–water partition coefficient (Wildman–Crippen LogP) is 4.79. The zero-order valence-corrected chi connectivity index (χ0v) is 24.4. The van der Waals surface area contributed by atoms with Crippen molar-refractivity contribution in [1.82, 2.24) is 21.3 Å². The minimum absolute atomic E-state index is 0.00113. The van der Waals surface area contributed by atoms with Gasteiger partial charge in [-0.1, -0.05) is 79.7 Å². The van der Waals surface area contributed by atoms with Crippen molar-refractivity contribution in [2.24, 2.45) is 5.41 Å². The average molecular weight is 511 g/mol. The fourth-order valence-electron chi connectivity index (χ4n) is 4.68. The van der Waals surface area contributed by atoms with E-state index in [0.717, 1.165) is 48.4 Å². The van der Waals surface area contributed by atoms with Crippen LogP contribution in [0.1, 0.15) is 88.8 Å². The van der Waals surface area contributed by atoms with E-state index in [2.05, 4.69) is 101 Å². The Morgan fingerprint density at radius 3 is 1.16 bits per heavy atom. The van der Waals surface area contributed by atoms with Crippen molar-refractivity contribution in [2.45, 2.75) is 92.4 Å². The molecule has 0 spiro atoms. The van der Waals surface area contributed by atoms with Gasteiger partial charge in [-0.3, -0.25) is 0 Å². The van der Waals surface area contributed by atoms with Crippen LogP contribution in [0.2, 0.25) is 0 Å². The van der Waals surface area contributed by atoms with Crippen LogP contribution >= 0.6 is 0 Å². The first-order valence-electron chi connectivity index (χ1n) is 13.7. The summed E-state index contributed by atoms with van der Waals surface area (Å²) in [5.74, 6) is 0.760. The molecule has 0 saturated heterocycles. The van der Waals surface area contributed by atoms with E-state index in [9.17, 15) is 10.2 Å². The fraction of sp³-hybridized carbons (Fsp3) is 0.613. The van der Waals surface area contributed by atoms with Crippen LogP contribution in [0.5, 0.6) is 11.5 Å². The number of phenolic OH excluding ortho intramolecular Hbond substituents is 2. The molecule has 0 unspecified atom stereocenters. The normalized spacial score (nSPS) is 18.5. The van der Waals surface area contributed by atoms with Crippen LogP contribution in [0.4, 0.5) is 0 Å². The Kier molecular flexibility index (Phi) is 9.33. The largest absolute Gasteiger partial charge is 0.507 e. The number of rotatable bonds is 0. The smallest absolute Gasteiger partial charge is 0.124 e. The second kappa shape index (κ2) is 11.7. The molecule has 4 bridgehead atoms. The number of hydrogen-bond donors (Lipinski definition) is 6. The zero-order chi connectivity index (χ0) is 27.4. The van der Waals surface area contributed by atoms with Crippen molar-refractivity contribution >= 4 is 0 Å². The van der Waals surface area contributed by atoms with E-state index >= 15 is 0 Å². The Labute approximate surface area is 224 Å². The van der Waals surface area contributed by atoms with E-state index in [0.29, 0.717) is 37.7 Å². The molecule has 1 aliphatic rings. The van der Waals surface area contributed by atoms with Gasteiger partial charge in [0.15, 0.2) is 0 Å². The van der Waals surface area contributed by atoms with Gasteiger partial charge in [0.1, 0.15) is 11.5 Å². The first-order chi connectivity index (χ1) is 17.2. The molecule has 1 aliphatic heterocycles. The number of aromatic hydroxyl groups is 2. The van der Waals surface area contributed by atoms with E-state index in [1.165, 1.54) is 11.1 Å². The maximum absolute atomic E-state index is 11.1. The van der Waals surface area contributed by atoms with Crippen LogP contribution in [0.3, 0.4) is 0 Å². The summed E-state index contributed by atoms with van der Waals surface area (Å²) >= 11 is 0. The van der Waals surface area contributed by atoms with Gasteiger partial charge in [-0.25, -0.2) is 0 Å². The molecule has 3 rings (SSSR count). The molecule has 0 aromatic heterocycles. The van der Waals surface area contributed by atoms with E-state index in [1.54, 1.807) is 0 Å². The highest BCUT2D eigenvalue weighted by Gasteiger charge is 2.22. The van der Waals surface area contributed by atoms with Crippen LogP contribution in [-0.2, 0) is 37.0 Å². The lowest BCUT2D eigenvalue weighted by molar-refractivity contribution is 0.317. The molecule has 2 aromatic rings. The Morgan fingerprint density at radius 2 is 0.865 bits per heavy atom. The summed E-state index contributed by atoms with van der Waals surface area (Å²) in [6, 6.07) is 8.55. The highest BCUT2D eigenvalue weighted by Crippen LogP contribution is 2.33. The summed E-state index contributed by atoms with van der Waals surface area (Å²) in [7, 11) is 0. The average Bonchev–Trinajstić information content (AvgIpc) is 2.77. The second-order valence-electron chi connectivity index (χ2n) is 13.5. The molecule has 37 heavy (non-hydrogen) atoms. The van der Waals surface area contributed by atoms with Crippen LogP contribution in [0.25, 0.3) is 0 Å². The van der Waals surface area contributed by atoms with Crippen molar-refractivity contribution < 1.29 is 10.2 Å². The monoisotopic (exact) mass is 510 g/mol. The van der Waals surface area contributed by atoms with E-state index < -0.39 is 0 Å². The van der Waals surface area contributed by atoms with E-state index in [4.69, 9.17) is 0 Å². The summed E-state index contributed by atoms with van der Waals surface area (Å²) in [5.41, 5.74) is 6.21. The molecule has 6 N–H and O–H groups in total. The molecule has 6 nitrogen and oxygen atoms in total. The lowest BCUT2D eigenvalue weighted by Crippen LogP contribution is -2.37. The van der Waals surface area contributed by atoms with Gasteiger partial charge in [-0.2, -0.15) is 0 Å². The minimum atomic E-state index is -0.00774. The summed E-state index contributed by atoms with van der Waals surface area (Å²) in [5, 5.41) is 36.3. The summed E-state index contributed by atoms with van der Waals surface area (Å²) in [6.07, 6.45) is 0. The number of hydrogen-bond acceptors (Lipinski definition) is 6. The predicted molar refractivity (Wildman–Crippen MR) is 154 cm³/mol. The van der Waals surface area contributed by atoms with Gasteiger partial charge in [-0.15, -0.1) is 0 Å². The molecule has 0 fully saturated rings. The quantitative estimate of drug-likeness (QED) is 0.306. The van der Waals surface area contributed by atoms with E-state index in [1.807, 2.05) is 0 Å². The molecule has 206 valence electrons. The molecule has 0 saturated carbocycles. The Hall–Kier alpha value is -2.12. The zero-order valence-electron chi connectivity index (χ0n) is 24.4. The third-order valence-corrected chi connectivity index (χ3v) is 7.22. The topological polar surface area (TPSA) is 88.6 Å². The molecule has 1 heterocycles. The first kappa shape index (κ1) is 29.4. The van der Waals surface area contributed by atoms with Crippen molar-refractivity contribution in [2.75, 3.05) is 26.2 Å². The molecule has 2 aromatic carbocycles. The number of nitrogens with one attached hydrogen (secondary N) is 4. The van der Waals surface area contributed by atoms with Crippen LogP contribution in [0.15, 0.2) is 24.3 Å². The summed E-state index contributed by atoms with van der Waals surface area (Å²) < 4.78 is 0. The summed E-state index contributed by atoms with van der Waals surface area (Å²) in [4.78, 5) is 0. The standard InChI is InChI=1S/C31H50N4O2/c1-29(2,3)25-11-21-15-32-9-10-33-16-22-12-26(30(4,5)6)14-24(28(22)37)18-35-20-31(7,8)19-34-17-23(13-25)27(21)36/h11-14,32-37H,9-10,15-20H2,1-8H3. The fourth-order valence-corrected chi connectivity index (χ4v) is 4.68. The maximum Gasteiger partial charge on any atom is 0.124 e. The highest BCUT2D eigenvalue weighted by molar-refractivity contribution is 5.47. The van der Waals surface area contributed by atoms with Crippen LogP contribution < -0.4 is 21.3 Å². The molecule has 0 atom stereocenters. The minimum Gasteiger partial charge on any atom is -0.507 e. The Balaban J connectivity index is 1.87. The number of phenols is 2. The maximum atomic E-state index is 11.1. The SMILES string of the molecule is CC1(C)CNCc2cc(C(C)(C)C)cc(c2O)CNCCNCc2cc(C(C)(C)C)cc(c2O)CNC1. The van der Waals surface area contributed by atoms with Crippen molar-refractivity contribution in [3.8, 4) is 11.5 Å². The number of benzene rings is 2. The van der Waals surface area contributed by atoms with Crippen LogP contribution in [0, 0.1) is 5.41 Å². The Morgan fingerprint density at radius 1 is 0.568 bits per heavy atom. The van der Waals surface area contributed by atoms with Crippen molar-refractivity contribution in [1.29, 1.82) is 0 Å². The van der Waals surface area contributed by atoms with Gasteiger partial charge in [0.25, 0.3) is 0 Å². The molecule has 6 heteroatoms. The second-order valence-corrected chi connectivity index (χ2v) is 13.5. The summed E-state index contributed by atoms with van der Waals surface area (Å²) in [6.45, 7) is 23.3. The molecular weight excluding hydrogens is 460 g/mol. The Bertz CT molecular complexity index is 981. The number of fused-ring (bicyclic) bond motifs is 4. The van der Waals surface area contributed by atoms with Gasteiger partial charge in [0.05, 0.1) is 0 Å². The van der Waals surface area contributed by atoms with Gasteiger partial charge < -0.3 is 31.5 Å². The van der Waals surface area contributed by atoms with Gasteiger partial charge >= 0.3 is 0 Å². The van der Waals surface area contributed by atoms with E-state index in [-0.39, 0.29) is 16.2 Å².